The number of carbonyl (C=O) groups excluding carboxylic acids is 1. The van der Waals surface area contributed by atoms with Gasteiger partial charge in [0.15, 0.2) is 5.65 Å². The highest BCUT2D eigenvalue weighted by Crippen LogP contribution is 2.23. The maximum atomic E-state index is 12.4. The van der Waals surface area contributed by atoms with Crippen LogP contribution in [0.5, 0.6) is 5.75 Å². The van der Waals surface area contributed by atoms with E-state index in [2.05, 4.69) is 20.0 Å². The Morgan fingerprint density at radius 1 is 1.26 bits per heavy atom. The fraction of sp³-hybridized carbons (Fsp3) is 0.278. The van der Waals surface area contributed by atoms with Crippen LogP contribution in [-0.2, 0) is 4.79 Å². The van der Waals surface area contributed by atoms with Crippen LogP contribution in [0.1, 0.15) is 27.2 Å². The highest BCUT2D eigenvalue weighted by molar-refractivity contribution is 5.97. The Hall–Kier alpha value is -3.49. The molecule has 1 amide bonds. The van der Waals surface area contributed by atoms with Crippen molar-refractivity contribution in [2.24, 2.45) is 5.41 Å². The summed E-state index contributed by atoms with van der Waals surface area (Å²) < 4.78 is 5.52. The molecule has 0 radical (unpaired) electrons. The van der Waals surface area contributed by atoms with Crippen molar-refractivity contribution in [3.63, 3.8) is 0 Å². The smallest absolute Gasteiger partial charge is 0.449 e. The average molecular weight is 370 g/mol. The number of benzene rings is 1. The highest BCUT2D eigenvalue weighted by Gasteiger charge is 2.17. The second-order valence-corrected chi connectivity index (χ2v) is 7.25. The van der Waals surface area contributed by atoms with E-state index < -0.39 is 17.5 Å². The van der Waals surface area contributed by atoms with E-state index in [4.69, 9.17) is 5.11 Å². The zero-order chi connectivity index (χ0) is 19.8. The largest absolute Gasteiger partial charge is 0.511 e. The number of rotatable bonds is 3. The van der Waals surface area contributed by atoms with Gasteiger partial charge >= 0.3 is 11.7 Å². The molecule has 3 rings (SSSR count). The van der Waals surface area contributed by atoms with Gasteiger partial charge in [0.2, 0.25) is 11.7 Å². The van der Waals surface area contributed by atoms with Crippen molar-refractivity contribution in [3.05, 3.63) is 41.1 Å². The normalized spacial score (nSPS) is 11.5. The lowest BCUT2D eigenvalue weighted by Gasteiger charge is -2.17. The summed E-state index contributed by atoms with van der Waals surface area (Å²) in [4.78, 5) is 43.5. The summed E-state index contributed by atoms with van der Waals surface area (Å²) in [6, 6.07) is 5.09. The zero-order valence-corrected chi connectivity index (χ0v) is 15.0. The quantitative estimate of drug-likeness (QED) is 0.537. The summed E-state index contributed by atoms with van der Waals surface area (Å²) in [6.45, 7) is 5.91. The van der Waals surface area contributed by atoms with Crippen LogP contribution in [0.3, 0.4) is 0 Å². The lowest BCUT2D eigenvalue weighted by molar-refractivity contribution is -0.117. The molecule has 0 spiro atoms. The predicted octanol–water partition coefficient (Wildman–Crippen LogP) is 2.67. The third kappa shape index (κ3) is 4.02. The Balaban J connectivity index is 2.05. The first-order chi connectivity index (χ1) is 12.6. The van der Waals surface area contributed by atoms with Crippen molar-refractivity contribution >= 4 is 34.3 Å². The lowest BCUT2D eigenvalue weighted by atomic mass is 9.92. The van der Waals surface area contributed by atoms with Crippen molar-refractivity contribution in [1.82, 2.24) is 14.4 Å². The van der Waals surface area contributed by atoms with Crippen LogP contribution in [-0.4, -0.2) is 31.5 Å². The van der Waals surface area contributed by atoms with E-state index >= 15 is 0 Å². The van der Waals surface area contributed by atoms with Crippen LogP contribution >= 0.6 is 0 Å². The first-order valence-electron chi connectivity index (χ1n) is 8.15. The van der Waals surface area contributed by atoms with Gasteiger partial charge in [-0.2, -0.15) is 0 Å². The fourth-order valence-corrected chi connectivity index (χ4v) is 2.63. The van der Waals surface area contributed by atoms with Crippen molar-refractivity contribution < 1.29 is 19.4 Å². The third-order valence-corrected chi connectivity index (χ3v) is 3.68. The maximum absolute atomic E-state index is 12.4. The van der Waals surface area contributed by atoms with Crippen molar-refractivity contribution in [1.29, 1.82) is 0 Å². The van der Waals surface area contributed by atoms with Crippen molar-refractivity contribution in [2.75, 3.05) is 5.32 Å². The number of hydrogen-bond donors (Lipinski definition) is 2. The van der Waals surface area contributed by atoms with Crippen LogP contribution in [0.2, 0.25) is 0 Å². The zero-order valence-electron chi connectivity index (χ0n) is 15.0. The Labute approximate surface area is 153 Å². The van der Waals surface area contributed by atoms with Gasteiger partial charge in [-0.05, 0) is 23.6 Å². The topological polar surface area (TPSA) is 123 Å². The molecule has 3 aromatic rings. The molecule has 0 bridgehead atoms. The van der Waals surface area contributed by atoms with Gasteiger partial charge < -0.3 is 15.2 Å². The molecule has 27 heavy (non-hydrogen) atoms. The molecule has 9 heteroatoms. The molecule has 0 saturated heterocycles. The lowest BCUT2D eigenvalue weighted by Crippen LogP contribution is -2.20. The summed E-state index contributed by atoms with van der Waals surface area (Å²) in [5, 5.41) is 12.0. The highest BCUT2D eigenvalue weighted by atomic mass is 16.7. The van der Waals surface area contributed by atoms with E-state index in [0.717, 1.165) is 10.6 Å². The minimum atomic E-state index is -1.61. The van der Waals surface area contributed by atoms with Gasteiger partial charge in [0, 0.05) is 17.5 Å². The molecular weight excluding hydrogens is 352 g/mol. The molecule has 0 aliphatic heterocycles. The molecule has 9 nitrogen and oxygen atoms in total. The Kier molecular flexibility index (Phi) is 4.52. The molecule has 2 aromatic heterocycles. The number of aromatic nitrogens is 3. The number of nitrogens with one attached hydrogen (secondary N) is 1. The van der Waals surface area contributed by atoms with E-state index in [1.165, 1.54) is 6.33 Å². The molecule has 0 fully saturated rings. The van der Waals surface area contributed by atoms with Crippen LogP contribution < -0.4 is 15.6 Å². The van der Waals surface area contributed by atoms with Gasteiger partial charge in [0.25, 0.3) is 0 Å². The average Bonchev–Trinajstić information content (AvgIpc) is 2.55. The molecule has 2 heterocycles. The third-order valence-electron chi connectivity index (χ3n) is 3.68. The summed E-state index contributed by atoms with van der Waals surface area (Å²) >= 11 is 0. The number of amides is 1. The van der Waals surface area contributed by atoms with Crippen molar-refractivity contribution in [3.8, 4) is 5.75 Å². The minimum absolute atomic E-state index is 0.127. The number of carbonyl (C=O) groups is 2. The van der Waals surface area contributed by atoms with E-state index in [1.807, 2.05) is 20.8 Å². The number of fused-ring (bicyclic) bond motifs is 3. The van der Waals surface area contributed by atoms with Gasteiger partial charge in [0.05, 0.1) is 11.7 Å². The van der Waals surface area contributed by atoms with Gasteiger partial charge in [-0.25, -0.2) is 19.2 Å². The maximum Gasteiger partial charge on any atom is 0.511 e. The Morgan fingerprint density at radius 3 is 2.67 bits per heavy atom. The molecule has 0 aliphatic rings. The predicted molar refractivity (Wildman–Crippen MR) is 98.1 cm³/mol. The summed E-state index contributed by atoms with van der Waals surface area (Å²) in [5.74, 6) is -0.548. The molecule has 0 atom stereocenters. The van der Waals surface area contributed by atoms with E-state index in [9.17, 15) is 14.4 Å². The minimum Gasteiger partial charge on any atom is -0.449 e. The number of hydrogen-bond acceptors (Lipinski definition) is 6. The summed E-state index contributed by atoms with van der Waals surface area (Å²) in [6.07, 6.45) is 1.05. The van der Waals surface area contributed by atoms with Gasteiger partial charge in [-0.15, -0.1) is 0 Å². The summed E-state index contributed by atoms with van der Waals surface area (Å²) in [7, 11) is 0. The number of anilines is 1. The number of carboxylic acid groups (broad SMARTS) is 1. The fourth-order valence-electron chi connectivity index (χ4n) is 2.63. The van der Waals surface area contributed by atoms with Gasteiger partial charge in [0.1, 0.15) is 6.33 Å². The van der Waals surface area contributed by atoms with Gasteiger partial charge in [-0.3, -0.25) is 9.59 Å². The van der Waals surface area contributed by atoms with E-state index in [-0.39, 0.29) is 17.0 Å². The second-order valence-electron chi connectivity index (χ2n) is 7.25. The molecular formula is C18H18N4O5. The number of nitrogens with zero attached hydrogens (tertiary/aromatic N) is 3. The Bertz CT molecular complexity index is 1110. The standard InChI is InChI=1S/C18H18N4O5/c1-18(2,3)7-14(23)21-10-4-5-12-11(6-10)15-19-8-13(27-17(25)26)16(24)22(15)9-20-12/h4-6,8-9H,7H2,1-3H3,(H,21,23)(H,25,26). The first-order valence-corrected chi connectivity index (χ1v) is 8.15. The van der Waals surface area contributed by atoms with Crippen LogP contribution in [0.4, 0.5) is 10.5 Å². The molecule has 0 unspecified atom stereocenters. The van der Waals surface area contributed by atoms with Gasteiger partial charge in [-0.1, -0.05) is 20.8 Å². The van der Waals surface area contributed by atoms with Crippen molar-refractivity contribution in [2.45, 2.75) is 27.2 Å². The second kappa shape index (κ2) is 6.67. The molecule has 0 saturated carbocycles. The molecule has 140 valence electrons. The van der Waals surface area contributed by atoms with E-state index in [0.29, 0.717) is 23.0 Å². The van der Waals surface area contributed by atoms with E-state index in [1.54, 1.807) is 18.2 Å². The number of ether oxygens (including phenoxy) is 1. The monoisotopic (exact) mass is 370 g/mol. The SMILES string of the molecule is CC(C)(C)CC(=O)Nc1ccc2ncn3c(=O)c(OC(=O)O)cnc3c2c1. The van der Waals surface area contributed by atoms with Crippen LogP contribution in [0.25, 0.3) is 16.6 Å². The van der Waals surface area contributed by atoms with Crippen LogP contribution in [0.15, 0.2) is 35.5 Å². The molecule has 1 aromatic carbocycles. The van der Waals surface area contributed by atoms with Crippen LogP contribution in [0, 0.1) is 5.41 Å². The first kappa shape index (κ1) is 18.3. The summed E-state index contributed by atoms with van der Waals surface area (Å²) in [5.41, 5.74) is 0.549. The molecule has 0 aliphatic carbocycles. The Morgan fingerprint density at radius 2 is 2.00 bits per heavy atom. The molecule has 2 N–H and O–H groups in total.